The van der Waals surface area contributed by atoms with Crippen molar-refractivity contribution in [1.29, 1.82) is 0 Å². The van der Waals surface area contributed by atoms with Crippen LogP contribution in [0.4, 0.5) is 13.2 Å². The largest absolute Gasteiger partial charge is 0.479 e. The predicted molar refractivity (Wildman–Crippen MR) is 51.6 cm³/mol. The van der Waals surface area contributed by atoms with Crippen molar-refractivity contribution in [3.63, 3.8) is 0 Å². The number of hydrogen-bond donors (Lipinski definition) is 2. The molecule has 1 aromatic rings. The van der Waals surface area contributed by atoms with Crippen molar-refractivity contribution >= 4 is 17.6 Å². The Kier molecular flexibility index (Phi) is 3.94. The van der Waals surface area contributed by atoms with Crippen LogP contribution >= 0.6 is 11.6 Å². The topological polar surface area (TPSA) is 70.4 Å². The molecule has 2 N–H and O–H groups in total. The fourth-order valence-electron chi connectivity index (χ4n) is 1.09. The molecular formula is C9H7ClF3NO3. The maximum absolute atomic E-state index is 12.3. The SMILES string of the molecule is O=C(O)C(O)Cc1cc(C(F)(F)F)cnc1Cl. The Bertz CT molecular complexity index is 436. The number of carbonyl (C=O) groups is 1. The molecule has 0 aliphatic carbocycles. The molecule has 0 saturated carbocycles. The summed E-state index contributed by atoms with van der Waals surface area (Å²) in [6.07, 6.45) is -6.41. The summed E-state index contributed by atoms with van der Waals surface area (Å²) >= 11 is 5.51. The fourth-order valence-corrected chi connectivity index (χ4v) is 1.27. The molecule has 0 amide bonds. The van der Waals surface area contributed by atoms with Crippen molar-refractivity contribution < 1.29 is 28.2 Å². The minimum absolute atomic E-state index is 0.170. The molecule has 4 nitrogen and oxygen atoms in total. The highest BCUT2D eigenvalue weighted by molar-refractivity contribution is 6.30. The van der Waals surface area contributed by atoms with Gasteiger partial charge in [-0.15, -0.1) is 0 Å². The highest BCUT2D eigenvalue weighted by Gasteiger charge is 2.32. The normalized spacial score (nSPS) is 13.5. The molecule has 1 rings (SSSR count). The van der Waals surface area contributed by atoms with E-state index >= 15 is 0 Å². The molecule has 0 bridgehead atoms. The average Bonchev–Trinajstić information content (AvgIpc) is 2.19. The van der Waals surface area contributed by atoms with Gasteiger partial charge in [-0.3, -0.25) is 0 Å². The van der Waals surface area contributed by atoms with Crippen molar-refractivity contribution in [2.24, 2.45) is 0 Å². The second-order valence-electron chi connectivity index (χ2n) is 3.23. The third-order valence-corrected chi connectivity index (χ3v) is 2.28. The lowest BCUT2D eigenvalue weighted by Crippen LogP contribution is -2.22. The first kappa shape index (κ1) is 13.7. The van der Waals surface area contributed by atoms with Gasteiger partial charge in [0, 0.05) is 12.6 Å². The number of nitrogens with zero attached hydrogens (tertiary/aromatic N) is 1. The quantitative estimate of drug-likeness (QED) is 0.820. The van der Waals surface area contributed by atoms with Gasteiger partial charge in [0.05, 0.1) is 5.56 Å². The second-order valence-corrected chi connectivity index (χ2v) is 3.59. The van der Waals surface area contributed by atoms with Gasteiger partial charge in [0.15, 0.2) is 6.10 Å². The molecule has 94 valence electrons. The lowest BCUT2D eigenvalue weighted by atomic mass is 10.1. The molecule has 1 heterocycles. The predicted octanol–water partition coefficient (Wildman–Crippen LogP) is 1.74. The van der Waals surface area contributed by atoms with Crippen molar-refractivity contribution in [2.45, 2.75) is 18.7 Å². The summed E-state index contributed by atoms with van der Waals surface area (Å²) in [4.78, 5) is 13.7. The first-order valence-corrected chi connectivity index (χ1v) is 4.72. The first-order chi connectivity index (χ1) is 7.71. The van der Waals surface area contributed by atoms with E-state index < -0.39 is 30.2 Å². The van der Waals surface area contributed by atoms with Gasteiger partial charge >= 0.3 is 12.1 Å². The van der Waals surface area contributed by atoms with Gasteiger partial charge < -0.3 is 10.2 Å². The lowest BCUT2D eigenvalue weighted by Gasteiger charge is -2.11. The molecule has 0 radical (unpaired) electrons. The fraction of sp³-hybridized carbons (Fsp3) is 0.333. The molecule has 0 aliphatic heterocycles. The number of aliphatic carboxylic acids is 1. The van der Waals surface area contributed by atoms with Crippen LogP contribution in [-0.4, -0.2) is 27.3 Å². The summed E-state index contributed by atoms with van der Waals surface area (Å²) in [5.41, 5.74) is -1.22. The van der Waals surface area contributed by atoms with Crippen LogP contribution < -0.4 is 0 Å². The molecule has 0 spiro atoms. The van der Waals surface area contributed by atoms with E-state index in [1.54, 1.807) is 0 Å². The summed E-state index contributed by atoms with van der Waals surface area (Å²) in [5.74, 6) is -1.54. The van der Waals surface area contributed by atoms with Crippen LogP contribution in [0.3, 0.4) is 0 Å². The zero-order chi connectivity index (χ0) is 13.2. The Morgan fingerprint density at radius 1 is 1.53 bits per heavy atom. The van der Waals surface area contributed by atoms with Crippen LogP contribution in [0.2, 0.25) is 5.15 Å². The molecule has 0 fully saturated rings. The number of pyridine rings is 1. The van der Waals surface area contributed by atoms with E-state index in [0.29, 0.717) is 12.3 Å². The van der Waals surface area contributed by atoms with Gasteiger partial charge in [-0.1, -0.05) is 11.6 Å². The van der Waals surface area contributed by atoms with Gasteiger partial charge in [-0.05, 0) is 11.6 Å². The average molecular weight is 270 g/mol. The third kappa shape index (κ3) is 3.57. The van der Waals surface area contributed by atoms with Crippen LogP contribution in [0.25, 0.3) is 0 Å². The molecule has 0 aliphatic rings. The van der Waals surface area contributed by atoms with Gasteiger partial charge in [0.1, 0.15) is 5.15 Å². The van der Waals surface area contributed by atoms with Crippen LogP contribution in [-0.2, 0) is 17.4 Å². The maximum atomic E-state index is 12.3. The number of hydrogen-bond acceptors (Lipinski definition) is 3. The lowest BCUT2D eigenvalue weighted by molar-refractivity contribution is -0.146. The monoisotopic (exact) mass is 269 g/mol. The number of aliphatic hydroxyl groups excluding tert-OH is 1. The highest BCUT2D eigenvalue weighted by Crippen LogP contribution is 2.30. The van der Waals surface area contributed by atoms with E-state index in [1.807, 2.05) is 0 Å². The summed E-state index contributed by atoms with van der Waals surface area (Å²) in [7, 11) is 0. The summed E-state index contributed by atoms with van der Waals surface area (Å²) in [5, 5.41) is 17.2. The van der Waals surface area contributed by atoms with Crippen LogP contribution in [0.5, 0.6) is 0 Å². The van der Waals surface area contributed by atoms with Crippen molar-refractivity contribution in [1.82, 2.24) is 4.98 Å². The Hall–Kier alpha value is -1.34. The van der Waals surface area contributed by atoms with Gasteiger partial charge in [-0.2, -0.15) is 13.2 Å². The van der Waals surface area contributed by atoms with Crippen LogP contribution in [0.1, 0.15) is 11.1 Å². The molecule has 17 heavy (non-hydrogen) atoms. The molecule has 1 unspecified atom stereocenters. The van der Waals surface area contributed by atoms with Crippen molar-refractivity contribution in [2.75, 3.05) is 0 Å². The second kappa shape index (κ2) is 4.89. The van der Waals surface area contributed by atoms with E-state index in [2.05, 4.69) is 4.98 Å². The smallest absolute Gasteiger partial charge is 0.417 e. The van der Waals surface area contributed by atoms with Crippen molar-refractivity contribution in [3.8, 4) is 0 Å². The Labute approximate surface area is 98.7 Å². The minimum Gasteiger partial charge on any atom is -0.479 e. The summed E-state index contributed by atoms with van der Waals surface area (Å²) < 4.78 is 37.0. The maximum Gasteiger partial charge on any atom is 0.417 e. The molecule has 1 atom stereocenters. The van der Waals surface area contributed by atoms with Crippen LogP contribution in [0.15, 0.2) is 12.3 Å². The third-order valence-electron chi connectivity index (χ3n) is 1.94. The first-order valence-electron chi connectivity index (χ1n) is 4.34. The van der Waals surface area contributed by atoms with Gasteiger partial charge in [0.2, 0.25) is 0 Å². The Balaban J connectivity index is 3.03. The highest BCUT2D eigenvalue weighted by atomic mass is 35.5. The number of aromatic nitrogens is 1. The van der Waals surface area contributed by atoms with Gasteiger partial charge in [-0.25, -0.2) is 9.78 Å². The van der Waals surface area contributed by atoms with Crippen LogP contribution in [0, 0.1) is 0 Å². The zero-order valence-corrected chi connectivity index (χ0v) is 8.96. The van der Waals surface area contributed by atoms with E-state index in [1.165, 1.54) is 0 Å². The zero-order valence-electron chi connectivity index (χ0n) is 8.20. The molecular weight excluding hydrogens is 263 g/mol. The van der Waals surface area contributed by atoms with E-state index in [-0.39, 0.29) is 10.7 Å². The Morgan fingerprint density at radius 3 is 2.59 bits per heavy atom. The standard InChI is InChI=1S/C9H7ClF3NO3/c10-7-4(2-6(15)8(16)17)1-5(3-14-7)9(11,12)13/h1,3,6,15H,2H2,(H,16,17). The molecule has 0 saturated heterocycles. The molecule has 8 heteroatoms. The number of aliphatic hydroxyl groups is 1. The van der Waals surface area contributed by atoms with Crippen molar-refractivity contribution in [3.05, 3.63) is 28.5 Å². The van der Waals surface area contributed by atoms with Gasteiger partial charge in [0.25, 0.3) is 0 Å². The number of carboxylic acid groups (broad SMARTS) is 1. The van der Waals surface area contributed by atoms with E-state index in [9.17, 15) is 18.0 Å². The number of rotatable bonds is 3. The molecule has 1 aromatic heterocycles. The number of halogens is 4. The summed E-state index contributed by atoms with van der Waals surface area (Å²) in [6.45, 7) is 0. The number of alkyl halides is 3. The number of carboxylic acids is 1. The summed E-state index contributed by atoms with van der Waals surface area (Å²) in [6, 6.07) is 0.668. The Morgan fingerprint density at radius 2 is 2.12 bits per heavy atom. The van der Waals surface area contributed by atoms with E-state index in [4.69, 9.17) is 21.8 Å². The molecule has 0 aromatic carbocycles. The minimum atomic E-state index is -4.60. The van der Waals surface area contributed by atoms with E-state index in [0.717, 1.165) is 0 Å².